The van der Waals surface area contributed by atoms with E-state index in [2.05, 4.69) is 15.5 Å². The topological polar surface area (TPSA) is 70.7 Å². The number of carbonyl (C=O) groups excluding carboxylic acids is 2. The molecule has 6 heteroatoms. The number of hydrogen-bond donors (Lipinski definition) is 2. The molecule has 0 spiro atoms. The Hall–Kier alpha value is -2.08. The molecule has 144 valence electrons. The molecule has 1 aliphatic heterocycles. The molecule has 2 amide bonds. The van der Waals surface area contributed by atoms with Crippen LogP contribution in [-0.4, -0.2) is 45.2 Å². The summed E-state index contributed by atoms with van der Waals surface area (Å²) < 4.78 is 5.03. The number of anilines is 2. The molecule has 0 saturated carbocycles. The van der Waals surface area contributed by atoms with Crippen molar-refractivity contribution in [3.8, 4) is 0 Å². The Kier molecular flexibility index (Phi) is 8.41. The van der Waals surface area contributed by atoms with Crippen LogP contribution in [0.2, 0.25) is 0 Å². The molecule has 2 rings (SSSR count). The maximum atomic E-state index is 12.7. The molecule has 0 radical (unpaired) electrons. The maximum Gasteiger partial charge on any atom is 0.253 e. The fraction of sp³-hybridized carbons (Fsp3) is 0.600. The first-order valence-electron chi connectivity index (χ1n) is 9.61. The molecule has 2 N–H and O–H groups in total. The van der Waals surface area contributed by atoms with Gasteiger partial charge >= 0.3 is 0 Å². The molecule has 1 heterocycles. The van der Waals surface area contributed by atoms with Crippen LogP contribution in [-0.2, 0) is 9.53 Å². The highest BCUT2D eigenvalue weighted by Crippen LogP contribution is 2.27. The summed E-state index contributed by atoms with van der Waals surface area (Å²) in [6.45, 7) is 5.08. The number of rotatable bonds is 9. The van der Waals surface area contributed by atoms with E-state index in [-0.39, 0.29) is 11.8 Å². The standard InChI is InChI=1S/C20H31N3O3/c1-3-8-19(24)22-16-9-10-18(23-12-5-4-6-13-23)17(15-16)20(25)21-11-7-14-26-2/h9-10,15H,3-8,11-14H2,1-2H3,(H,21,25)(H,22,24). The smallest absolute Gasteiger partial charge is 0.253 e. The van der Waals surface area contributed by atoms with Crippen molar-refractivity contribution in [3.63, 3.8) is 0 Å². The second kappa shape index (κ2) is 10.8. The first-order valence-corrected chi connectivity index (χ1v) is 9.61. The fourth-order valence-corrected chi connectivity index (χ4v) is 3.17. The van der Waals surface area contributed by atoms with Gasteiger partial charge in [-0.15, -0.1) is 0 Å². The summed E-state index contributed by atoms with van der Waals surface area (Å²) >= 11 is 0. The Bertz CT molecular complexity index is 598. The lowest BCUT2D eigenvalue weighted by Gasteiger charge is -2.30. The molecule has 0 unspecified atom stereocenters. The van der Waals surface area contributed by atoms with Crippen molar-refractivity contribution in [2.24, 2.45) is 0 Å². The Balaban J connectivity index is 2.17. The highest BCUT2D eigenvalue weighted by atomic mass is 16.5. The van der Waals surface area contributed by atoms with Crippen molar-refractivity contribution in [3.05, 3.63) is 23.8 Å². The number of piperidine rings is 1. The summed E-state index contributed by atoms with van der Waals surface area (Å²) in [5.74, 6) is -0.127. The van der Waals surface area contributed by atoms with E-state index in [4.69, 9.17) is 4.74 Å². The first-order chi connectivity index (χ1) is 12.7. The molecule has 1 aromatic carbocycles. The minimum atomic E-state index is -0.103. The zero-order chi connectivity index (χ0) is 18.8. The number of nitrogens with zero attached hydrogens (tertiary/aromatic N) is 1. The van der Waals surface area contributed by atoms with Gasteiger partial charge < -0.3 is 20.3 Å². The number of nitrogens with one attached hydrogen (secondary N) is 2. The van der Waals surface area contributed by atoms with Crippen molar-refractivity contribution in [2.45, 2.75) is 45.4 Å². The van der Waals surface area contributed by atoms with Crippen LogP contribution in [0.4, 0.5) is 11.4 Å². The van der Waals surface area contributed by atoms with Crippen molar-refractivity contribution in [2.75, 3.05) is 43.6 Å². The van der Waals surface area contributed by atoms with Crippen LogP contribution in [0.5, 0.6) is 0 Å². The highest BCUT2D eigenvalue weighted by Gasteiger charge is 2.19. The van der Waals surface area contributed by atoms with Crippen LogP contribution in [0.1, 0.15) is 55.8 Å². The summed E-state index contributed by atoms with van der Waals surface area (Å²) in [6, 6.07) is 5.64. The molecule has 0 aromatic heterocycles. The summed E-state index contributed by atoms with van der Waals surface area (Å²) in [4.78, 5) is 26.9. The van der Waals surface area contributed by atoms with Gasteiger partial charge in [-0.3, -0.25) is 9.59 Å². The van der Waals surface area contributed by atoms with Crippen LogP contribution in [0, 0.1) is 0 Å². The lowest BCUT2D eigenvalue weighted by molar-refractivity contribution is -0.116. The largest absolute Gasteiger partial charge is 0.385 e. The Morgan fingerprint density at radius 3 is 2.65 bits per heavy atom. The van der Waals surface area contributed by atoms with Gasteiger partial charge in [0.15, 0.2) is 0 Å². The Morgan fingerprint density at radius 1 is 1.19 bits per heavy atom. The third-order valence-electron chi connectivity index (χ3n) is 4.51. The van der Waals surface area contributed by atoms with Crippen molar-refractivity contribution in [1.82, 2.24) is 5.32 Å². The van der Waals surface area contributed by atoms with Gasteiger partial charge in [0.25, 0.3) is 5.91 Å². The number of amides is 2. The molecule has 1 saturated heterocycles. The molecule has 1 fully saturated rings. The Morgan fingerprint density at radius 2 is 1.96 bits per heavy atom. The molecular formula is C20H31N3O3. The van der Waals surface area contributed by atoms with Gasteiger partial charge in [0.05, 0.1) is 5.56 Å². The van der Waals surface area contributed by atoms with Crippen molar-refractivity contribution < 1.29 is 14.3 Å². The third kappa shape index (κ3) is 6.02. The lowest BCUT2D eigenvalue weighted by atomic mass is 10.1. The monoisotopic (exact) mass is 361 g/mol. The predicted octanol–water partition coefficient (Wildman–Crippen LogP) is 3.18. The first kappa shape index (κ1) is 20.2. The van der Waals surface area contributed by atoms with E-state index in [1.807, 2.05) is 19.1 Å². The van der Waals surface area contributed by atoms with Crippen LogP contribution < -0.4 is 15.5 Å². The van der Waals surface area contributed by atoms with Crippen molar-refractivity contribution >= 4 is 23.2 Å². The number of carbonyl (C=O) groups is 2. The van der Waals surface area contributed by atoms with Crippen LogP contribution in [0.3, 0.4) is 0 Å². The quantitative estimate of drug-likeness (QED) is 0.663. The zero-order valence-electron chi connectivity index (χ0n) is 16.0. The van der Waals surface area contributed by atoms with Gasteiger partial charge in [-0.2, -0.15) is 0 Å². The summed E-state index contributed by atoms with van der Waals surface area (Å²) in [5, 5.41) is 5.85. The third-order valence-corrected chi connectivity index (χ3v) is 4.51. The molecule has 0 aliphatic carbocycles. The summed E-state index contributed by atoms with van der Waals surface area (Å²) in [6.07, 6.45) is 5.57. The Labute approximate surface area is 156 Å². The average molecular weight is 361 g/mol. The van der Waals surface area contributed by atoms with Gasteiger partial charge in [0.1, 0.15) is 0 Å². The highest BCUT2D eigenvalue weighted by molar-refractivity contribution is 6.02. The molecule has 0 atom stereocenters. The average Bonchev–Trinajstić information content (AvgIpc) is 2.66. The van der Waals surface area contributed by atoms with Crippen LogP contribution in [0.15, 0.2) is 18.2 Å². The van der Waals surface area contributed by atoms with E-state index in [9.17, 15) is 9.59 Å². The number of hydrogen-bond acceptors (Lipinski definition) is 4. The molecule has 26 heavy (non-hydrogen) atoms. The summed E-state index contributed by atoms with van der Waals surface area (Å²) in [7, 11) is 1.65. The fourth-order valence-electron chi connectivity index (χ4n) is 3.17. The minimum Gasteiger partial charge on any atom is -0.385 e. The van der Waals surface area contributed by atoms with E-state index in [1.165, 1.54) is 6.42 Å². The number of benzene rings is 1. The summed E-state index contributed by atoms with van der Waals surface area (Å²) in [5.41, 5.74) is 2.24. The second-order valence-electron chi connectivity index (χ2n) is 6.68. The van der Waals surface area contributed by atoms with E-state index in [0.717, 1.165) is 44.5 Å². The SMILES string of the molecule is CCCC(=O)Nc1ccc(N2CCCCC2)c(C(=O)NCCCOC)c1. The van der Waals surface area contributed by atoms with Gasteiger partial charge in [-0.25, -0.2) is 0 Å². The number of ether oxygens (including phenoxy) is 1. The molecule has 1 aliphatic rings. The van der Waals surface area contributed by atoms with Crippen LogP contribution >= 0.6 is 0 Å². The zero-order valence-corrected chi connectivity index (χ0v) is 16.0. The molecule has 6 nitrogen and oxygen atoms in total. The minimum absolute atomic E-state index is 0.0234. The van der Waals surface area contributed by atoms with E-state index >= 15 is 0 Å². The van der Waals surface area contributed by atoms with Gasteiger partial charge in [-0.1, -0.05) is 6.92 Å². The number of methoxy groups -OCH3 is 1. The van der Waals surface area contributed by atoms with Crippen LogP contribution in [0.25, 0.3) is 0 Å². The van der Waals surface area contributed by atoms with E-state index < -0.39 is 0 Å². The van der Waals surface area contributed by atoms with E-state index in [0.29, 0.717) is 30.8 Å². The second-order valence-corrected chi connectivity index (χ2v) is 6.68. The lowest BCUT2D eigenvalue weighted by Crippen LogP contribution is -2.33. The van der Waals surface area contributed by atoms with Gasteiger partial charge in [-0.05, 0) is 50.3 Å². The molecule has 1 aromatic rings. The maximum absolute atomic E-state index is 12.7. The van der Waals surface area contributed by atoms with E-state index in [1.54, 1.807) is 13.2 Å². The normalized spacial score (nSPS) is 14.2. The molecule has 0 bridgehead atoms. The molecular weight excluding hydrogens is 330 g/mol. The van der Waals surface area contributed by atoms with Crippen molar-refractivity contribution in [1.29, 1.82) is 0 Å². The van der Waals surface area contributed by atoms with Gasteiger partial charge in [0, 0.05) is 51.1 Å². The van der Waals surface area contributed by atoms with Gasteiger partial charge in [0.2, 0.25) is 5.91 Å². The predicted molar refractivity (Wildman–Crippen MR) is 105 cm³/mol.